The Morgan fingerprint density at radius 1 is 1.09 bits per heavy atom. The molecule has 0 unspecified atom stereocenters. The molecule has 0 amide bonds. The van der Waals surface area contributed by atoms with E-state index in [4.69, 9.17) is 0 Å². The molecule has 1 aliphatic rings. The second-order valence-electron chi connectivity index (χ2n) is 2.63. The van der Waals surface area contributed by atoms with Crippen molar-refractivity contribution in [2.75, 3.05) is 0 Å². The van der Waals surface area contributed by atoms with Crippen LogP contribution in [0.5, 0.6) is 0 Å². The molecule has 0 aliphatic carbocycles. The Labute approximate surface area is 73.5 Å². The molecule has 56 valence electrons. The second-order valence-corrected chi connectivity index (χ2v) is 4.68. The first-order valence-corrected chi connectivity index (χ1v) is 6.03. The van der Waals surface area contributed by atoms with E-state index >= 15 is 0 Å². The fourth-order valence-electron chi connectivity index (χ4n) is 1.25. The zero-order valence-electron chi connectivity index (χ0n) is 6.29. The first-order chi connectivity index (χ1) is 5.47. The molecule has 0 nitrogen and oxygen atoms in total. The Hall–Kier alpha value is -0.521. The van der Waals surface area contributed by atoms with E-state index in [0.29, 0.717) is 0 Å². The van der Waals surface area contributed by atoms with Crippen LogP contribution in [0.1, 0.15) is 12.0 Å². The van der Waals surface area contributed by atoms with E-state index in [1.165, 1.54) is 17.3 Å². The molecular weight excluding hydrogens is 199 g/mol. The first kappa shape index (κ1) is 7.15. The molecule has 0 saturated carbocycles. The van der Waals surface area contributed by atoms with E-state index in [9.17, 15) is 0 Å². The quantitative estimate of drug-likeness (QED) is 0.623. The summed E-state index contributed by atoms with van der Waals surface area (Å²) in [5.41, 5.74) is 2.98. The van der Waals surface area contributed by atoms with Gasteiger partial charge in [-0.1, -0.05) is 0 Å². The van der Waals surface area contributed by atoms with Crippen LogP contribution in [0.2, 0.25) is 5.32 Å². The van der Waals surface area contributed by atoms with Gasteiger partial charge in [0.15, 0.2) is 0 Å². The van der Waals surface area contributed by atoms with Crippen molar-refractivity contribution in [3.63, 3.8) is 0 Å². The van der Waals surface area contributed by atoms with Gasteiger partial charge < -0.3 is 0 Å². The molecule has 0 spiro atoms. The molecule has 0 N–H and O–H groups in total. The van der Waals surface area contributed by atoms with Crippen LogP contribution in [-0.2, 0) is 0 Å². The van der Waals surface area contributed by atoms with Gasteiger partial charge in [0.2, 0.25) is 0 Å². The molecule has 0 bridgehead atoms. The molecule has 0 aromatic heterocycles. The van der Waals surface area contributed by atoms with Gasteiger partial charge in [-0.2, -0.15) is 0 Å². The van der Waals surface area contributed by atoms with Crippen LogP contribution >= 0.6 is 0 Å². The van der Waals surface area contributed by atoms with E-state index in [2.05, 4.69) is 35.3 Å². The van der Waals surface area contributed by atoms with Gasteiger partial charge in [0.25, 0.3) is 0 Å². The molecule has 2 rings (SSSR count). The molecule has 0 fully saturated rings. The number of hydrogen-bond donors (Lipinski definition) is 0. The molecule has 0 saturated heterocycles. The average molecular weight is 209 g/mol. The molecule has 1 heterocycles. The summed E-state index contributed by atoms with van der Waals surface area (Å²) in [6, 6.07) is 10.7. The van der Waals surface area contributed by atoms with Crippen molar-refractivity contribution >= 4 is 20.5 Å². The molecule has 0 atom stereocenters. The summed E-state index contributed by atoms with van der Waals surface area (Å²) < 4.78 is 0. The van der Waals surface area contributed by atoms with Gasteiger partial charge >= 0.3 is 73.1 Å². The first-order valence-electron chi connectivity index (χ1n) is 3.83. The van der Waals surface area contributed by atoms with Crippen LogP contribution in [-0.4, -0.2) is 15.0 Å². The third kappa shape index (κ3) is 1.55. The van der Waals surface area contributed by atoms with Crippen LogP contribution < -0.4 is 0 Å². The second kappa shape index (κ2) is 3.25. The minimum atomic E-state index is 0.783. The van der Waals surface area contributed by atoms with Gasteiger partial charge in [0, 0.05) is 0 Å². The van der Waals surface area contributed by atoms with Crippen LogP contribution in [0.3, 0.4) is 0 Å². The fraction of sp³-hybridized carbons (Fsp3) is 0.200. The third-order valence-corrected chi connectivity index (χ3v) is 3.73. The number of rotatable bonds is 1. The third-order valence-electron chi connectivity index (χ3n) is 1.86. The van der Waals surface area contributed by atoms with E-state index < -0.39 is 0 Å². The summed E-state index contributed by atoms with van der Waals surface area (Å²) in [6.07, 6.45) is 1.30. The summed E-state index contributed by atoms with van der Waals surface area (Å²) in [5, 5.41) is 1.40. The van der Waals surface area contributed by atoms with E-state index in [0.717, 1.165) is 15.0 Å². The van der Waals surface area contributed by atoms with Crippen LogP contribution in [0.4, 0.5) is 0 Å². The SMILES string of the molecule is C1=C(c2ccccc2)CC[Se]1. The Bertz CT molecular complexity index is 261. The predicted octanol–water partition coefficient (Wildman–Crippen LogP) is 2.55. The van der Waals surface area contributed by atoms with Crippen LogP contribution in [0.25, 0.3) is 5.57 Å². The molecular formula is C10H10Se. The van der Waals surface area contributed by atoms with Crippen LogP contribution in [0.15, 0.2) is 35.3 Å². The predicted molar refractivity (Wildman–Crippen MR) is 49.6 cm³/mol. The number of allylic oxidation sites excluding steroid dienone is 1. The average Bonchev–Trinajstić information content (AvgIpc) is 2.58. The van der Waals surface area contributed by atoms with Crippen molar-refractivity contribution in [2.24, 2.45) is 0 Å². The van der Waals surface area contributed by atoms with Gasteiger partial charge in [0.1, 0.15) is 0 Å². The number of hydrogen-bond acceptors (Lipinski definition) is 0. The summed E-state index contributed by atoms with van der Waals surface area (Å²) >= 11 is 0.783. The van der Waals surface area contributed by atoms with Crippen molar-refractivity contribution in [3.05, 3.63) is 40.9 Å². The summed E-state index contributed by atoms with van der Waals surface area (Å²) in [6.45, 7) is 0. The van der Waals surface area contributed by atoms with Crippen molar-refractivity contribution in [1.82, 2.24) is 0 Å². The minimum absolute atomic E-state index is 0.783. The molecule has 1 aromatic carbocycles. The molecule has 1 heteroatoms. The summed E-state index contributed by atoms with van der Waals surface area (Å²) in [5.74, 6) is 0. The topological polar surface area (TPSA) is 0 Å². The number of benzene rings is 1. The van der Waals surface area contributed by atoms with Gasteiger partial charge in [-0.05, 0) is 0 Å². The van der Waals surface area contributed by atoms with E-state index in [1.807, 2.05) is 0 Å². The van der Waals surface area contributed by atoms with Crippen molar-refractivity contribution in [3.8, 4) is 0 Å². The summed E-state index contributed by atoms with van der Waals surface area (Å²) in [7, 11) is 0. The van der Waals surface area contributed by atoms with Gasteiger partial charge in [-0.3, -0.25) is 0 Å². The van der Waals surface area contributed by atoms with Gasteiger partial charge in [-0.15, -0.1) is 0 Å². The molecule has 0 radical (unpaired) electrons. The summed E-state index contributed by atoms with van der Waals surface area (Å²) in [4.78, 5) is 2.42. The molecule has 11 heavy (non-hydrogen) atoms. The van der Waals surface area contributed by atoms with Crippen molar-refractivity contribution in [1.29, 1.82) is 0 Å². The Morgan fingerprint density at radius 2 is 1.91 bits per heavy atom. The Kier molecular flexibility index (Phi) is 2.11. The standard InChI is InChI=1S/C10H10Se/c1-2-4-9(5-3-1)10-6-7-11-8-10/h1-5,8H,6-7H2. The molecule has 1 aromatic rings. The zero-order valence-corrected chi connectivity index (χ0v) is 8.00. The normalized spacial score (nSPS) is 16.5. The zero-order chi connectivity index (χ0) is 7.52. The monoisotopic (exact) mass is 210 g/mol. The van der Waals surface area contributed by atoms with Gasteiger partial charge in [-0.25, -0.2) is 0 Å². The van der Waals surface area contributed by atoms with E-state index in [-0.39, 0.29) is 0 Å². The Balaban J connectivity index is 2.29. The fourth-order valence-corrected chi connectivity index (χ4v) is 3.16. The van der Waals surface area contributed by atoms with E-state index in [1.54, 1.807) is 5.57 Å². The maximum absolute atomic E-state index is 2.42. The van der Waals surface area contributed by atoms with Crippen LogP contribution in [0, 0.1) is 0 Å². The Morgan fingerprint density at radius 3 is 2.55 bits per heavy atom. The maximum atomic E-state index is 2.42. The van der Waals surface area contributed by atoms with Crippen molar-refractivity contribution in [2.45, 2.75) is 11.7 Å². The van der Waals surface area contributed by atoms with Gasteiger partial charge in [0.05, 0.1) is 0 Å². The molecule has 1 aliphatic heterocycles. The van der Waals surface area contributed by atoms with Crippen molar-refractivity contribution < 1.29 is 0 Å².